The summed E-state index contributed by atoms with van der Waals surface area (Å²) in [5, 5.41) is 2.29. The number of hydrogen-bond acceptors (Lipinski definition) is 2. The summed E-state index contributed by atoms with van der Waals surface area (Å²) in [7, 11) is 0. The predicted molar refractivity (Wildman–Crippen MR) is 64.5 cm³/mol. The molecular formula is C12H10BrNO2. The first-order chi connectivity index (χ1) is 7.59. The summed E-state index contributed by atoms with van der Waals surface area (Å²) in [4.78, 5) is 22.6. The average Bonchev–Trinajstić information content (AvgIpc) is 2.58. The second kappa shape index (κ2) is 4.22. The van der Waals surface area contributed by atoms with Crippen LogP contribution in [0.4, 0.5) is 0 Å². The molecule has 0 unspecified atom stereocenters. The van der Waals surface area contributed by atoms with Crippen LogP contribution in [0, 0.1) is 0 Å². The molecule has 1 aromatic carbocycles. The zero-order valence-corrected chi connectivity index (χ0v) is 10.3. The molecule has 0 bridgehead atoms. The Morgan fingerprint density at radius 1 is 1.31 bits per heavy atom. The molecule has 0 saturated carbocycles. The molecule has 2 rings (SSSR count). The van der Waals surface area contributed by atoms with E-state index < -0.39 is 0 Å². The topological polar surface area (TPSA) is 46.2 Å². The third kappa shape index (κ3) is 1.93. The van der Waals surface area contributed by atoms with Crippen molar-refractivity contribution < 1.29 is 9.59 Å². The van der Waals surface area contributed by atoms with Gasteiger partial charge in [-0.3, -0.25) is 14.9 Å². The van der Waals surface area contributed by atoms with E-state index in [-0.39, 0.29) is 18.2 Å². The molecule has 0 aliphatic carbocycles. The summed E-state index contributed by atoms with van der Waals surface area (Å²) in [5.74, 6) is -0.510. The van der Waals surface area contributed by atoms with E-state index >= 15 is 0 Å². The van der Waals surface area contributed by atoms with Gasteiger partial charge in [0, 0.05) is 10.0 Å². The van der Waals surface area contributed by atoms with Gasteiger partial charge in [-0.2, -0.15) is 0 Å². The maximum Gasteiger partial charge on any atom is 0.254 e. The average molecular weight is 280 g/mol. The molecule has 1 heterocycles. The fourth-order valence-corrected chi connectivity index (χ4v) is 2.30. The minimum absolute atomic E-state index is 0.173. The number of hydrogen-bond donors (Lipinski definition) is 1. The summed E-state index contributed by atoms with van der Waals surface area (Å²) < 4.78 is 0.923. The van der Waals surface area contributed by atoms with Gasteiger partial charge in [-0.1, -0.05) is 34.1 Å². The molecule has 0 spiro atoms. The molecule has 1 saturated heterocycles. The molecule has 0 aromatic heterocycles. The van der Waals surface area contributed by atoms with Crippen molar-refractivity contribution in [2.24, 2.45) is 0 Å². The molecule has 4 heteroatoms. The van der Waals surface area contributed by atoms with Gasteiger partial charge in [0.1, 0.15) is 0 Å². The Bertz CT molecular complexity index is 505. The first-order valence-corrected chi connectivity index (χ1v) is 5.67. The van der Waals surface area contributed by atoms with Gasteiger partial charge in [-0.05, 0) is 24.1 Å². The van der Waals surface area contributed by atoms with E-state index in [2.05, 4.69) is 21.2 Å². The minimum Gasteiger partial charge on any atom is -0.292 e. The normalized spacial score (nSPS) is 18.6. The zero-order chi connectivity index (χ0) is 11.7. The number of halogens is 1. The van der Waals surface area contributed by atoms with Gasteiger partial charge in [0.05, 0.1) is 6.42 Å². The lowest BCUT2D eigenvalue weighted by Crippen LogP contribution is -2.19. The van der Waals surface area contributed by atoms with Gasteiger partial charge in [0.25, 0.3) is 5.91 Å². The molecule has 1 aliphatic heterocycles. The Balaban J connectivity index is 2.49. The molecule has 1 aromatic rings. The van der Waals surface area contributed by atoms with Crippen molar-refractivity contribution >= 4 is 33.3 Å². The fourth-order valence-electron chi connectivity index (χ4n) is 1.72. The number of benzene rings is 1. The van der Waals surface area contributed by atoms with Crippen LogP contribution in [-0.4, -0.2) is 11.8 Å². The van der Waals surface area contributed by atoms with Crippen LogP contribution in [0.3, 0.4) is 0 Å². The highest BCUT2D eigenvalue weighted by Gasteiger charge is 2.26. The quantitative estimate of drug-likeness (QED) is 0.633. The number of nitrogens with one attached hydrogen (secondary N) is 1. The van der Waals surface area contributed by atoms with Gasteiger partial charge in [-0.25, -0.2) is 0 Å². The van der Waals surface area contributed by atoms with Crippen molar-refractivity contribution in [2.75, 3.05) is 0 Å². The van der Waals surface area contributed by atoms with Crippen LogP contribution in [0.2, 0.25) is 0 Å². The largest absolute Gasteiger partial charge is 0.292 e. The van der Waals surface area contributed by atoms with Crippen molar-refractivity contribution in [3.63, 3.8) is 0 Å². The van der Waals surface area contributed by atoms with Crippen molar-refractivity contribution in [1.82, 2.24) is 5.32 Å². The van der Waals surface area contributed by atoms with Gasteiger partial charge < -0.3 is 0 Å². The highest BCUT2D eigenvalue weighted by Crippen LogP contribution is 2.28. The summed E-state index contributed by atoms with van der Waals surface area (Å²) >= 11 is 3.43. The van der Waals surface area contributed by atoms with E-state index in [4.69, 9.17) is 0 Å². The first-order valence-electron chi connectivity index (χ1n) is 4.88. The molecule has 1 fully saturated rings. The number of allylic oxidation sites excluding steroid dienone is 1. The van der Waals surface area contributed by atoms with Crippen molar-refractivity contribution in [3.8, 4) is 0 Å². The monoisotopic (exact) mass is 279 g/mol. The van der Waals surface area contributed by atoms with Crippen LogP contribution in [0.25, 0.3) is 5.57 Å². The number of imide groups is 1. The lowest BCUT2D eigenvalue weighted by Gasteiger charge is -2.06. The second-order valence-corrected chi connectivity index (χ2v) is 4.49. The molecular weight excluding hydrogens is 270 g/mol. The van der Waals surface area contributed by atoms with E-state index in [1.807, 2.05) is 31.2 Å². The van der Waals surface area contributed by atoms with Crippen LogP contribution in [0.5, 0.6) is 0 Å². The Kier molecular flexibility index (Phi) is 2.92. The van der Waals surface area contributed by atoms with Crippen LogP contribution >= 0.6 is 15.9 Å². The third-order valence-corrected chi connectivity index (χ3v) is 3.29. The predicted octanol–water partition coefficient (Wildman–Crippen LogP) is 2.27. The lowest BCUT2D eigenvalue weighted by atomic mass is 10.0. The molecule has 1 aliphatic rings. The lowest BCUT2D eigenvalue weighted by molar-refractivity contribution is -0.124. The standard InChI is InChI=1S/C12H10BrNO2/c1-7(8-4-2-3-5-10(8)13)9-6-11(15)14-12(9)16/h2-5H,6H2,1H3,(H,14,15,16). The number of amides is 2. The number of rotatable bonds is 1. The highest BCUT2D eigenvalue weighted by molar-refractivity contribution is 9.10. The van der Waals surface area contributed by atoms with E-state index in [0.717, 1.165) is 15.6 Å². The molecule has 0 radical (unpaired) electrons. The van der Waals surface area contributed by atoms with Gasteiger partial charge in [-0.15, -0.1) is 0 Å². The summed E-state index contributed by atoms with van der Waals surface area (Å²) in [5.41, 5.74) is 2.34. The molecule has 3 nitrogen and oxygen atoms in total. The van der Waals surface area contributed by atoms with Gasteiger partial charge >= 0.3 is 0 Å². The Morgan fingerprint density at radius 3 is 2.56 bits per heavy atom. The van der Waals surface area contributed by atoms with Gasteiger partial charge in [0.2, 0.25) is 5.91 Å². The van der Waals surface area contributed by atoms with E-state index in [1.165, 1.54) is 0 Å². The van der Waals surface area contributed by atoms with E-state index in [0.29, 0.717) is 5.57 Å². The van der Waals surface area contributed by atoms with Crippen molar-refractivity contribution in [1.29, 1.82) is 0 Å². The van der Waals surface area contributed by atoms with Gasteiger partial charge in [0.15, 0.2) is 0 Å². The van der Waals surface area contributed by atoms with Crippen LogP contribution in [0.1, 0.15) is 18.9 Å². The molecule has 1 N–H and O–H groups in total. The Labute approximate surface area is 102 Å². The maximum atomic E-state index is 11.5. The van der Waals surface area contributed by atoms with E-state index in [1.54, 1.807) is 0 Å². The first kappa shape index (κ1) is 11.1. The molecule has 82 valence electrons. The Hall–Kier alpha value is -1.42. The maximum absolute atomic E-state index is 11.5. The summed E-state index contributed by atoms with van der Waals surface area (Å²) in [6.07, 6.45) is 0.173. The van der Waals surface area contributed by atoms with Crippen molar-refractivity contribution in [2.45, 2.75) is 13.3 Å². The van der Waals surface area contributed by atoms with Crippen LogP contribution < -0.4 is 5.32 Å². The number of carbonyl (C=O) groups is 2. The fraction of sp³-hybridized carbons (Fsp3) is 0.167. The minimum atomic E-state index is -0.279. The Morgan fingerprint density at radius 2 is 2.00 bits per heavy atom. The third-order valence-electron chi connectivity index (χ3n) is 2.59. The van der Waals surface area contributed by atoms with Crippen LogP contribution in [-0.2, 0) is 9.59 Å². The molecule has 0 atom stereocenters. The summed E-state index contributed by atoms with van der Waals surface area (Å²) in [6, 6.07) is 7.64. The molecule has 2 amide bonds. The zero-order valence-electron chi connectivity index (χ0n) is 8.71. The smallest absolute Gasteiger partial charge is 0.254 e. The number of carbonyl (C=O) groups excluding carboxylic acids is 2. The van der Waals surface area contributed by atoms with Crippen LogP contribution in [0.15, 0.2) is 34.3 Å². The van der Waals surface area contributed by atoms with E-state index in [9.17, 15) is 9.59 Å². The SMILES string of the molecule is CC(=C1CC(=O)NC1=O)c1ccccc1Br. The van der Waals surface area contributed by atoms with Crippen molar-refractivity contribution in [3.05, 3.63) is 39.9 Å². The highest BCUT2D eigenvalue weighted by atomic mass is 79.9. The summed E-state index contributed by atoms with van der Waals surface area (Å²) in [6.45, 7) is 1.85. The molecule has 16 heavy (non-hydrogen) atoms. The second-order valence-electron chi connectivity index (χ2n) is 3.64.